The lowest BCUT2D eigenvalue weighted by Gasteiger charge is -2.41. The van der Waals surface area contributed by atoms with Gasteiger partial charge >= 0.3 is 5.97 Å². The number of esters is 1. The molecule has 12 heteroatoms. The van der Waals surface area contributed by atoms with Crippen LogP contribution in [-0.4, -0.2) is 112 Å². The number of methoxy groups -OCH3 is 1. The van der Waals surface area contributed by atoms with Gasteiger partial charge in [-0.3, -0.25) is 0 Å². The summed E-state index contributed by atoms with van der Waals surface area (Å²) in [4.78, 5) is 11.9. The Morgan fingerprint density at radius 3 is 2.35 bits per heavy atom. The first-order chi connectivity index (χ1) is 14.7. The highest BCUT2D eigenvalue weighted by Gasteiger charge is 2.46. The van der Waals surface area contributed by atoms with Crippen LogP contribution in [0.3, 0.4) is 0 Å². The first-order valence-electron chi connectivity index (χ1n) is 9.55. The van der Waals surface area contributed by atoms with E-state index in [1.165, 1.54) is 19.2 Å². The van der Waals surface area contributed by atoms with Gasteiger partial charge in [-0.2, -0.15) is 0 Å². The molecule has 2 aliphatic rings. The number of carbonyl (C=O) groups is 1. The predicted octanol–water partition coefficient (Wildman–Crippen LogP) is -2.88. The molecule has 174 valence electrons. The monoisotopic (exact) mass is 446 g/mol. The molecular weight excluding hydrogens is 420 g/mol. The standard InChI is InChI=1S/C19H26O12/c1-27-17(26)8-4-2-3-5-10(8)30-19-16(25)14(23)13(22)11(31-19)7-29-18-15(24)12(21)9(20)6-28-18/h2-5,9,11-16,18-25H,6-7H2,1H3/t9-,11-,12-,13-,14+,15-,16-,18-,19-/m0/s1. The maximum absolute atomic E-state index is 11.9. The van der Waals surface area contributed by atoms with Crippen LogP contribution < -0.4 is 4.74 Å². The highest BCUT2D eigenvalue weighted by Crippen LogP contribution is 2.28. The first-order valence-corrected chi connectivity index (χ1v) is 9.55. The zero-order valence-electron chi connectivity index (χ0n) is 16.6. The Morgan fingerprint density at radius 2 is 1.65 bits per heavy atom. The molecule has 1 aromatic carbocycles. The third-order valence-corrected chi connectivity index (χ3v) is 5.08. The van der Waals surface area contributed by atoms with Crippen molar-refractivity contribution in [1.82, 2.24) is 0 Å². The van der Waals surface area contributed by atoms with E-state index in [-0.39, 0.29) is 17.9 Å². The number of aliphatic hydroxyl groups excluding tert-OH is 6. The number of ether oxygens (including phenoxy) is 5. The topological polar surface area (TPSA) is 185 Å². The Hall–Kier alpha value is -1.87. The van der Waals surface area contributed by atoms with Gasteiger partial charge in [-0.25, -0.2) is 4.79 Å². The summed E-state index contributed by atoms with van der Waals surface area (Å²) in [5, 5.41) is 59.8. The molecule has 2 saturated heterocycles. The van der Waals surface area contributed by atoms with Crippen molar-refractivity contribution in [2.24, 2.45) is 0 Å². The minimum Gasteiger partial charge on any atom is -0.465 e. The fourth-order valence-corrected chi connectivity index (χ4v) is 3.24. The number of carbonyl (C=O) groups excluding carboxylic acids is 1. The summed E-state index contributed by atoms with van der Waals surface area (Å²) in [7, 11) is 1.19. The highest BCUT2D eigenvalue weighted by molar-refractivity contribution is 5.92. The summed E-state index contributed by atoms with van der Waals surface area (Å²) >= 11 is 0. The van der Waals surface area contributed by atoms with E-state index in [2.05, 4.69) is 4.74 Å². The van der Waals surface area contributed by atoms with E-state index in [1.54, 1.807) is 12.1 Å². The van der Waals surface area contributed by atoms with E-state index >= 15 is 0 Å². The maximum atomic E-state index is 11.9. The Balaban J connectivity index is 1.68. The summed E-state index contributed by atoms with van der Waals surface area (Å²) in [6, 6.07) is 6.02. The zero-order valence-corrected chi connectivity index (χ0v) is 16.6. The van der Waals surface area contributed by atoms with Crippen molar-refractivity contribution >= 4 is 5.97 Å². The molecule has 2 heterocycles. The van der Waals surface area contributed by atoms with E-state index in [4.69, 9.17) is 18.9 Å². The highest BCUT2D eigenvalue weighted by atomic mass is 16.7. The van der Waals surface area contributed by atoms with Gasteiger partial charge in [-0.1, -0.05) is 12.1 Å². The van der Waals surface area contributed by atoms with Crippen LogP contribution in [0.4, 0.5) is 0 Å². The van der Waals surface area contributed by atoms with Crippen LogP contribution in [-0.2, 0) is 18.9 Å². The third kappa shape index (κ3) is 5.14. The molecule has 2 aliphatic heterocycles. The second-order valence-corrected chi connectivity index (χ2v) is 7.20. The summed E-state index contributed by atoms with van der Waals surface area (Å²) in [5.74, 6) is -0.671. The number of hydrogen-bond acceptors (Lipinski definition) is 12. The number of rotatable bonds is 6. The van der Waals surface area contributed by atoms with Gasteiger partial charge < -0.3 is 54.3 Å². The maximum Gasteiger partial charge on any atom is 0.341 e. The minimum absolute atomic E-state index is 0.0183. The molecule has 31 heavy (non-hydrogen) atoms. The van der Waals surface area contributed by atoms with Crippen molar-refractivity contribution in [3.63, 3.8) is 0 Å². The number of hydrogen-bond donors (Lipinski definition) is 6. The smallest absolute Gasteiger partial charge is 0.341 e. The van der Waals surface area contributed by atoms with Gasteiger partial charge in [0.05, 0.1) is 20.3 Å². The van der Waals surface area contributed by atoms with E-state index in [0.717, 1.165) is 0 Å². The van der Waals surface area contributed by atoms with E-state index in [0.29, 0.717) is 0 Å². The second-order valence-electron chi connectivity index (χ2n) is 7.20. The Kier molecular flexibility index (Phi) is 7.80. The van der Waals surface area contributed by atoms with E-state index in [9.17, 15) is 35.4 Å². The lowest BCUT2D eigenvalue weighted by atomic mass is 9.99. The normalized spacial score (nSPS) is 38.5. The molecule has 2 fully saturated rings. The average molecular weight is 446 g/mol. The quantitative estimate of drug-likeness (QED) is 0.246. The van der Waals surface area contributed by atoms with Gasteiger partial charge in [0.15, 0.2) is 6.29 Å². The van der Waals surface area contributed by atoms with Gasteiger partial charge in [-0.05, 0) is 12.1 Å². The van der Waals surface area contributed by atoms with Crippen molar-refractivity contribution in [1.29, 1.82) is 0 Å². The largest absolute Gasteiger partial charge is 0.465 e. The van der Waals surface area contributed by atoms with Gasteiger partial charge in [0.2, 0.25) is 6.29 Å². The fourth-order valence-electron chi connectivity index (χ4n) is 3.24. The van der Waals surface area contributed by atoms with Crippen molar-refractivity contribution in [3.8, 4) is 5.75 Å². The molecule has 3 rings (SSSR count). The molecule has 0 spiro atoms. The van der Waals surface area contributed by atoms with Crippen molar-refractivity contribution in [3.05, 3.63) is 29.8 Å². The molecule has 0 radical (unpaired) electrons. The molecule has 0 unspecified atom stereocenters. The van der Waals surface area contributed by atoms with Crippen LogP contribution in [0.5, 0.6) is 5.75 Å². The molecule has 0 aromatic heterocycles. The predicted molar refractivity (Wildman–Crippen MR) is 98.8 cm³/mol. The summed E-state index contributed by atoms with van der Waals surface area (Å²) in [6.45, 7) is -0.706. The van der Waals surface area contributed by atoms with Crippen LogP contribution in [0.1, 0.15) is 10.4 Å². The molecule has 6 N–H and O–H groups in total. The molecule has 0 bridgehead atoms. The van der Waals surface area contributed by atoms with E-state index in [1.807, 2.05) is 0 Å². The average Bonchev–Trinajstić information content (AvgIpc) is 2.78. The molecule has 0 aliphatic carbocycles. The molecule has 12 nitrogen and oxygen atoms in total. The van der Waals surface area contributed by atoms with Crippen LogP contribution >= 0.6 is 0 Å². The second kappa shape index (κ2) is 10.2. The third-order valence-electron chi connectivity index (χ3n) is 5.08. The molecule has 1 aromatic rings. The van der Waals surface area contributed by atoms with E-state index < -0.39 is 67.9 Å². The van der Waals surface area contributed by atoms with Gasteiger partial charge in [-0.15, -0.1) is 0 Å². The summed E-state index contributed by atoms with van der Waals surface area (Å²) in [5.41, 5.74) is 0.0560. The molecule has 0 saturated carbocycles. The fraction of sp³-hybridized carbons (Fsp3) is 0.632. The molecular formula is C19H26O12. The van der Waals surface area contributed by atoms with Crippen molar-refractivity contribution in [2.75, 3.05) is 20.3 Å². The number of aliphatic hydroxyl groups is 6. The van der Waals surface area contributed by atoms with Crippen molar-refractivity contribution in [2.45, 2.75) is 55.3 Å². The summed E-state index contributed by atoms with van der Waals surface area (Å²) in [6.07, 6.45) is -13.3. The zero-order chi connectivity index (χ0) is 22.7. The number of benzene rings is 1. The summed E-state index contributed by atoms with van der Waals surface area (Å²) < 4.78 is 26.2. The van der Waals surface area contributed by atoms with Crippen LogP contribution in [0.25, 0.3) is 0 Å². The van der Waals surface area contributed by atoms with Gasteiger partial charge in [0.25, 0.3) is 0 Å². The molecule has 0 amide bonds. The van der Waals surface area contributed by atoms with Crippen LogP contribution in [0.2, 0.25) is 0 Å². The van der Waals surface area contributed by atoms with Gasteiger partial charge in [0.1, 0.15) is 54.0 Å². The minimum atomic E-state index is -1.68. The lowest BCUT2D eigenvalue weighted by Crippen LogP contribution is -2.61. The Bertz CT molecular complexity index is 744. The first kappa shape index (κ1) is 23.8. The molecule has 9 atom stereocenters. The SMILES string of the molecule is COC(=O)c1ccccc1O[C@H]1O[C@@H](CO[C@@H]2OC[C@H](O)[C@H](O)[C@@H]2O)[C@H](O)[C@@H](O)[C@@H]1O. The van der Waals surface area contributed by atoms with Crippen LogP contribution in [0, 0.1) is 0 Å². The van der Waals surface area contributed by atoms with Gasteiger partial charge in [0, 0.05) is 0 Å². The Labute approximate surface area is 177 Å². The lowest BCUT2D eigenvalue weighted by molar-refractivity contribution is -0.307. The number of para-hydroxylation sites is 1. The Morgan fingerprint density at radius 1 is 0.968 bits per heavy atom. The van der Waals surface area contributed by atoms with Crippen molar-refractivity contribution < 1.29 is 59.1 Å². The van der Waals surface area contributed by atoms with Crippen LogP contribution in [0.15, 0.2) is 24.3 Å².